The lowest BCUT2D eigenvalue weighted by Crippen LogP contribution is -2.30. The maximum absolute atomic E-state index is 4.65. The van der Waals surface area contributed by atoms with Crippen LogP contribution in [0.5, 0.6) is 0 Å². The van der Waals surface area contributed by atoms with Crippen molar-refractivity contribution in [2.45, 2.75) is 48.7 Å². The maximum Gasteiger partial charge on any atom is 0.0557 e. The topological polar surface area (TPSA) is 0 Å². The maximum atomic E-state index is 4.65. The molecule has 1 aliphatic heterocycles. The Morgan fingerprint density at radius 3 is 2.27 bits per heavy atom. The largest absolute Gasteiger partial charge is 0.178 e. The summed E-state index contributed by atoms with van der Waals surface area (Å²) in [5.41, 5.74) is 0.359. The number of hydrogen-bond acceptors (Lipinski definition) is 4. The minimum atomic E-state index is 0.129. The van der Waals surface area contributed by atoms with E-state index >= 15 is 0 Å². The van der Waals surface area contributed by atoms with Gasteiger partial charge in [-0.2, -0.15) is 25.3 Å². The van der Waals surface area contributed by atoms with Gasteiger partial charge in [-0.25, -0.2) is 0 Å². The third-order valence-electron chi connectivity index (χ3n) is 2.48. The molecule has 2 unspecified atom stereocenters. The molecule has 0 aromatic rings. The van der Waals surface area contributed by atoms with Gasteiger partial charge >= 0.3 is 0 Å². The summed E-state index contributed by atoms with van der Waals surface area (Å²) >= 11 is 13.3. The molecule has 0 nitrogen and oxygen atoms in total. The molecule has 1 aliphatic rings. The first kappa shape index (κ1) is 14.5. The van der Waals surface area contributed by atoms with Crippen molar-refractivity contribution >= 4 is 48.8 Å². The smallest absolute Gasteiger partial charge is 0.0557 e. The summed E-state index contributed by atoms with van der Waals surface area (Å²) < 4.78 is 0.838. The van der Waals surface area contributed by atoms with E-state index in [1.807, 2.05) is 0 Å². The molecule has 0 saturated carbocycles. The van der Waals surface area contributed by atoms with Gasteiger partial charge in [0.05, 0.1) is 4.58 Å². The van der Waals surface area contributed by atoms with Crippen LogP contribution < -0.4 is 0 Å². The number of rotatable bonds is 4. The fraction of sp³-hybridized carbons (Fsp3) is 1.00. The van der Waals surface area contributed by atoms with Gasteiger partial charge in [-0.15, -0.1) is 23.5 Å². The van der Waals surface area contributed by atoms with Crippen molar-refractivity contribution in [3.8, 4) is 0 Å². The van der Waals surface area contributed by atoms with Gasteiger partial charge in [-0.05, 0) is 11.8 Å². The summed E-state index contributed by atoms with van der Waals surface area (Å²) in [6, 6.07) is 0. The first-order valence-corrected chi connectivity index (χ1v) is 8.42. The van der Waals surface area contributed by atoms with E-state index in [0.717, 1.165) is 17.4 Å². The monoisotopic (exact) mass is 282 g/mol. The molecular weight excluding hydrogens is 260 g/mol. The van der Waals surface area contributed by atoms with Crippen LogP contribution in [0.25, 0.3) is 0 Å². The molecule has 1 rings (SSSR count). The average molecular weight is 283 g/mol. The second-order valence-electron chi connectivity index (χ2n) is 5.58. The first-order valence-electron chi connectivity index (χ1n) is 5.35. The zero-order chi connectivity index (χ0) is 11.7. The molecule has 1 saturated heterocycles. The van der Waals surface area contributed by atoms with Gasteiger partial charge in [0.15, 0.2) is 0 Å². The molecule has 15 heavy (non-hydrogen) atoms. The van der Waals surface area contributed by atoms with Gasteiger partial charge in [-0.1, -0.05) is 27.7 Å². The minimum Gasteiger partial charge on any atom is -0.178 e. The zero-order valence-corrected chi connectivity index (χ0v) is 13.4. The summed E-state index contributed by atoms with van der Waals surface area (Å²) in [7, 11) is 0. The molecule has 0 aromatic heterocycles. The van der Waals surface area contributed by atoms with Crippen molar-refractivity contribution in [2.24, 2.45) is 5.41 Å². The van der Waals surface area contributed by atoms with Gasteiger partial charge in [0.1, 0.15) is 0 Å². The molecule has 90 valence electrons. The highest BCUT2D eigenvalue weighted by molar-refractivity contribution is 8.20. The molecule has 0 radical (unpaired) electrons. The first-order chi connectivity index (χ1) is 6.74. The molecule has 2 atom stereocenters. The Labute approximate surface area is 114 Å². The predicted octanol–water partition coefficient (Wildman–Crippen LogP) is 4.22. The molecule has 1 fully saturated rings. The Morgan fingerprint density at radius 2 is 1.87 bits per heavy atom. The Morgan fingerprint density at radius 1 is 1.27 bits per heavy atom. The third-order valence-corrected chi connectivity index (χ3v) is 7.42. The van der Waals surface area contributed by atoms with Crippen LogP contribution in [0, 0.1) is 5.41 Å². The van der Waals surface area contributed by atoms with Crippen LogP contribution in [0.4, 0.5) is 0 Å². The van der Waals surface area contributed by atoms with Crippen LogP contribution in [0.2, 0.25) is 0 Å². The van der Waals surface area contributed by atoms with Crippen LogP contribution in [0.3, 0.4) is 0 Å². The molecule has 1 heterocycles. The number of thioether (sulfide) groups is 2. The fourth-order valence-corrected chi connectivity index (χ4v) is 6.62. The molecular formula is C11H22S4. The van der Waals surface area contributed by atoms with Gasteiger partial charge in [0.25, 0.3) is 0 Å². The Balaban J connectivity index is 2.55. The summed E-state index contributed by atoms with van der Waals surface area (Å²) in [6.07, 6.45) is 1.16. The average Bonchev–Trinajstić information content (AvgIpc) is 2.47. The summed E-state index contributed by atoms with van der Waals surface area (Å²) in [4.78, 5) is 0. The van der Waals surface area contributed by atoms with Gasteiger partial charge < -0.3 is 0 Å². The fourth-order valence-electron chi connectivity index (χ4n) is 2.15. The Hall–Kier alpha value is 1.40. The lowest BCUT2D eigenvalue weighted by Gasteiger charge is -2.36. The second-order valence-corrected chi connectivity index (χ2v) is 10.0. The quantitative estimate of drug-likeness (QED) is 0.741. The zero-order valence-electron chi connectivity index (χ0n) is 9.99. The second kappa shape index (κ2) is 5.36. The van der Waals surface area contributed by atoms with E-state index in [9.17, 15) is 0 Å². The molecule has 4 heteroatoms. The van der Waals surface area contributed by atoms with E-state index in [0.29, 0.717) is 10.00 Å². The van der Waals surface area contributed by atoms with E-state index < -0.39 is 0 Å². The van der Waals surface area contributed by atoms with E-state index in [4.69, 9.17) is 0 Å². The van der Waals surface area contributed by atoms with Gasteiger partial charge in [0, 0.05) is 21.5 Å². The van der Waals surface area contributed by atoms with Crippen molar-refractivity contribution in [3.05, 3.63) is 0 Å². The third kappa shape index (κ3) is 4.64. The highest BCUT2D eigenvalue weighted by Gasteiger charge is 2.39. The van der Waals surface area contributed by atoms with E-state index in [2.05, 4.69) is 76.5 Å². The predicted molar refractivity (Wildman–Crippen MR) is 82.9 cm³/mol. The van der Waals surface area contributed by atoms with Crippen LogP contribution in [0.1, 0.15) is 34.1 Å². The van der Waals surface area contributed by atoms with Crippen molar-refractivity contribution in [1.82, 2.24) is 0 Å². The van der Waals surface area contributed by atoms with Crippen LogP contribution in [-0.4, -0.2) is 26.1 Å². The van der Waals surface area contributed by atoms with Crippen LogP contribution in [0.15, 0.2) is 0 Å². The summed E-state index contributed by atoms with van der Waals surface area (Å²) in [5.74, 6) is 2.27. The normalized spacial score (nSPS) is 28.4. The highest BCUT2D eigenvalue weighted by atomic mass is 32.2. The molecule has 0 N–H and O–H groups in total. The van der Waals surface area contributed by atoms with Crippen molar-refractivity contribution in [3.63, 3.8) is 0 Å². The van der Waals surface area contributed by atoms with Crippen LogP contribution in [-0.2, 0) is 0 Å². The van der Waals surface area contributed by atoms with E-state index in [1.54, 1.807) is 0 Å². The van der Waals surface area contributed by atoms with E-state index in [1.165, 1.54) is 5.75 Å². The minimum absolute atomic E-state index is 0.129. The molecule has 0 spiro atoms. The lowest BCUT2D eigenvalue weighted by atomic mass is 9.85. The summed E-state index contributed by atoms with van der Waals surface area (Å²) in [6.45, 7) is 9.16. The van der Waals surface area contributed by atoms with Crippen molar-refractivity contribution in [1.29, 1.82) is 0 Å². The van der Waals surface area contributed by atoms with Crippen molar-refractivity contribution in [2.75, 3.05) is 11.5 Å². The van der Waals surface area contributed by atoms with Crippen LogP contribution >= 0.6 is 48.8 Å². The number of thiol groups is 2. The van der Waals surface area contributed by atoms with Gasteiger partial charge in [-0.3, -0.25) is 0 Å². The molecule has 0 bridgehead atoms. The van der Waals surface area contributed by atoms with E-state index in [-0.39, 0.29) is 4.75 Å². The van der Waals surface area contributed by atoms with Crippen molar-refractivity contribution < 1.29 is 0 Å². The summed E-state index contributed by atoms with van der Waals surface area (Å²) in [5, 5.41) is 0.741. The molecule has 0 amide bonds. The Bertz CT molecular complexity index is 207. The highest BCUT2D eigenvalue weighted by Crippen LogP contribution is 2.51. The Kier molecular flexibility index (Phi) is 5.17. The molecule has 0 aromatic carbocycles. The molecule has 0 aliphatic carbocycles. The standard InChI is InChI=1S/C11H22S4/c1-10(2,7-11(3,4)13)9-14-6-8(5-12)15-9/h8-9,12-13H,5-7H2,1-4H3. The lowest BCUT2D eigenvalue weighted by molar-refractivity contribution is 0.335. The number of hydrogen-bond donors (Lipinski definition) is 2. The SMILES string of the molecule is CC(C)(S)CC(C)(C)C1SCC(CS)S1. The van der Waals surface area contributed by atoms with Gasteiger partial charge in [0.2, 0.25) is 0 Å².